The number of carbonyl (C=O) groups is 1. The molecule has 2 aromatic rings. The van der Waals surface area contributed by atoms with Crippen LogP contribution in [0, 0.1) is 0 Å². The van der Waals surface area contributed by atoms with Gasteiger partial charge in [0.05, 0.1) is 0 Å². The second-order valence-corrected chi connectivity index (χ2v) is 3.85. The van der Waals surface area contributed by atoms with Crippen LogP contribution in [0.15, 0.2) is 24.5 Å². The number of H-pyrrole nitrogens is 1. The summed E-state index contributed by atoms with van der Waals surface area (Å²) in [4.78, 5) is 18.5. The van der Waals surface area contributed by atoms with Crippen LogP contribution in [0.3, 0.4) is 0 Å². The molecule has 0 radical (unpaired) electrons. The van der Waals surface area contributed by atoms with E-state index in [1.165, 1.54) is 5.56 Å². The second kappa shape index (κ2) is 3.08. The molecule has 0 aliphatic carbocycles. The Morgan fingerprint density at radius 2 is 2.40 bits per heavy atom. The Bertz CT molecular complexity index is 517. The minimum Gasteiger partial charge on any atom is -0.355 e. The van der Waals surface area contributed by atoms with E-state index >= 15 is 0 Å². The van der Waals surface area contributed by atoms with E-state index in [2.05, 4.69) is 15.3 Å². The van der Waals surface area contributed by atoms with Crippen molar-refractivity contribution >= 4 is 16.9 Å². The molecule has 76 valence electrons. The first-order valence-corrected chi connectivity index (χ1v) is 5.03. The number of aromatic amines is 1. The van der Waals surface area contributed by atoms with Crippen molar-refractivity contribution < 1.29 is 4.79 Å². The molecule has 4 nitrogen and oxygen atoms in total. The van der Waals surface area contributed by atoms with Gasteiger partial charge in [0.1, 0.15) is 5.65 Å². The van der Waals surface area contributed by atoms with E-state index in [0.717, 1.165) is 17.6 Å². The standard InChI is InChI=1S/C11H11N3O/c15-10-4-7(5-13-10)9-6-14-11-8(9)2-1-3-12-11/h1-3,6-7H,4-5H2,(H,12,14)(H,13,15). The third-order valence-corrected chi connectivity index (χ3v) is 2.90. The highest BCUT2D eigenvalue weighted by molar-refractivity contribution is 5.84. The molecule has 3 heterocycles. The normalized spacial score (nSPS) is 20.8. The number of pyridine rings is 1. The van der Waals surface area contributed by atoms with Crippen molar-refractivity contribution in [1.29, 1.82) is 0 Å². The number of aromatic nitrogens is 2. The van der Waals surface area contributed by atoms with E-state index in [4.69, 9.17) is 0 Å². The Labute approximate surface area is 86.7 Å². The van der Waals surface area contributed by atoms with Crippen molar-refractivity contribution in [1.82, 2.24) is 15.3 Å². The maximum Gasteiger partial charge on any atom is 0.220 e. The van der Waals surface area contributed by atoms with Gasteiger partial charge in [0.2, 0.25) is 5.91 Å². The summed E-state index contributed by atoms with van der Waals surface area (Å²) < 4.78 is 0. The van der Waals surface area contributed by atoms with Crippen LogP contribution >= 0.6 is 0 Å². The monoisotopic (exact) mass is 201 g/mol. The van der Waals surface area contributed by atoms with Gasteiger partial charge in [-0.3, -0.25) is 4.79 Å². The van der Waals surface area contributed by atoms with Gasteiger partial charge in [-0.25, -0.2) is 4.98 Å². The van der Waals surface area contributed by atoms with Crippen LogP contribution in [0.2, 0.25) is 0 Å². The van der Waals surface area contributed by atoms with Crippen LogP contribution in [-0.2, 0) is 4.79 Å². The number of hydrogen-bond acceptors (Lipinski definition) is 2. The first kappa shape index (κ1) is 8.47. The maximum absolute atomic E-state index is 11.1. The number of nitrogens with zero attached hydrogens (tertiary/aromatic N) is 1. The molecule has 1 amide bonds. The minimum absolute atomic E-state index is 0.137. The number of amides is 1. The lowest BCUT2D eigenvalue weighted by Gasteiger charge is -2.04. The van der Waals surface area contributed by atoms with Crippen molar-refractivity contribution in [2.24, 2.45) is 0 Å². The number of rotatable bonds is 1. The van der Waals surface area contributed by atoms with Crippen molar-refractivity contribution in [3.05, 3.63) is 30.1 Å². The summed E-state index contributed by atoms with van der Waals surface area (Å²) in [5.41, 5.74) is 2.09. The van der Waals surface area contributed by atoms with Crippen LogP contribution in [-0.4, -0.2) is 22.4 Å². The van der Waals surface area contributed by atoms with Gasteiger partial charge in [0, 0.05) is 36.7 Å². The molecule has 2 aromatic heterocycles. The molecule has 1 fully saturated rings. The lowest BCUT2D eigenvalue weighted by molar-refractivity contribution is -0.119. The van der Waals surface area contributed by atoms with Crippen LogP contribution in [0.25, 0.3) is 11.0 Å². The second-order valence-electron chi connectivity index (χ2n) is 3.85. The van der Waals surface area contributed by atoms with E-state index in [0.29, 0.717) is 6.42 Å². The smallest absolute Gasteiger partial charge is 0.220 e. The number of nitrogens with one attached hydrogen (secondary N) is 2. The largest absolute Gasteiger partial charge is 0.355 e. The van der Waals surface area contributed by atoms with Crippen LogP contribution in [0.4, 0.5) is 0 Å². The first-order chi connectivity index (χ1) is 7.34. The van der Waals surface area contributed by atoms with Crippen LogP contribution in [0.1, 0.15) is 17.9 Å². The van der Waals surface area contributed by atoms with Gasteiger partial charge in [-0.15, -0.1) is 0 Å². The van der Waals surface area contributed by atoms with Crippen LogP contribution in [0.5, 0.6) is 0 Å². The van der Waals surface area contributed by atoms with E-state index < -0.39 is 0 Å². The Morgan fingerprint density at radius 1 is 1.47 bits per heavy atom. The number of hydrogen-bond donors (Lipinski definition) is 2. The molecule has 0 bridgehead atoms. The van der Waals surface area contributed by atoms with Crippen molar-refractivity contribution in [3.8, 4) is 0 Å². The molecule has 1 aliphatic heterocycles. The first-order valence-electron chi connectivity index (χ1n) is 5.03. The van der Waals surface area contributed by atoms with Gasteiger partial charge in [-0.1, -0.05) is 0 Å². The molecular formula is C11H11N3O. The zero-order valence-electron chi connectivity index (χ0n) is 8.16. The van der Waals surface area contributed by atoms with E-state index in [-0.39, 0.29) is 11.8 Å². The predicted molar refractivity (Wildman–Crippen MR) is 56.5 cm³/mol. The molecule has 2 N–H and O–H groups in total. The summed E-state index contributed by atoms with van der Waals surface area (Å²) in [6, 6.07) is 3.96. The molecule has 0 aromatic carbocycles. The quantitative estimate of drug-likeness (QED) is 0.727. The van der Waals surface area contributed by atoms with Gasteiger partial charge in [0.25, 0.3) is 0 Å². The fourth-order valence-corrected chi connectivity index (χ4v) is 2.14. The molecule has 15 heavy (non-hydrogen) atoms. The average molecular weight is 201 g/mol. The third-order valence-electron chi connectivity index (χ3n) is 2.90. The summed E-state index contributed by atoms with van der Waals surface area (Å²) in [6.07, 6.45) is 4.31. The number of carbonyl (C=O) groups excluding carboxylic acids is 1. The van der Waals surface area contributed by atoms with Crippen molar-refractivity contribution in [2.75, 3.05) is 6.54 Å². The molecular weight excluding hydrogens is 190 g/mol. The summed E-state index contributed by atoms with van der Waals surface area (Å²) >= 11 is 0. The molecule has 0 saturated carbocycles. The van der Waals surface area contributed by atoms with Crippen molar-refractivity contribution in [2.45, 2.75) is 12.3 Å². The Hall–Kier alpha value is -1.84. The zero-order chi connectivity index (χ0) is 10.3. The van der Waals surface area contributed by atoms with Gasteiger partial charge in [-0.2, -0.15) is 0 Å². The van der Waals surface area contributed by atoms with E-state index in [1.54, 1.807) is 6.20 Å². The SMILES string of the molecule is O=C1CC(c2c[nH]c3ncccc23)CN1. The lowest BCUT2D eigenvalue weighted by Crippen LogP contribution is -2.13. The fraction of sp³-hybridized carbons (Fsp3) is 0.273. The summed E-state index contributed by atoms with van der Waals surface area (Å²) in [5.74, 6) is 0.425. The minimum atomic E-state index is 0.137. The molecule has 1 aliphatic rings. The molecule has 3 rings (SSSR count). The van der Waals surface area contributed by atoms with E-state index in [1.807, 2.05) is 18.3 Å². The van der Waals surface area contributed by atoms with Gasteiger partial charge in [-0.05, 0) is 17.7 Å². The fourth-order valence-electron chi connectivity index (χ4n) is 2.14. The van der Waals surface area contributed by atoms with Gasteiger partial charge < -0.3 is 10.3 Å². The Morgan fingerprint density at radius 3 is 3.20 bits per heavy atom. The van der Waals surface area contributed by atoms with E-state index in [9.17, 15) is 4.79 Å². The average Bonchev–Trinajstić information content (AvgIpc) is 2.83. The summed E-state index contributed by atoms with van der Waals surface area (Å²) in [5, 5.41) is 3.97. The molecule has 1 unspecified atom stereocenters. The summed E-state index contributed by atoms with van der Waals surface area (Å²) in [6.45, 7) is 0.737. The zero-order valence-corrected chi connectivity index (χ0v) is 8.16. The molecule has 1 atom stereocenters. The summed E-state index contributed by atoms with van der Waals surface area (Å²) in [7, 11) is 0. The Balaban J connectivity index is 2.07. The van der Waals surface area contributed by atoms with Gasteiger partial charge >= 0.3 is 0 Å². The van der Waals surface area contributed by atoms with Crippen molar-refractivity contribution in [3.63, 3.8) is 0 Å². The topological polar surface area (TPSA) is 57.8 Å². The molecule has 0 spiro atoms. The molecule has 1 saturated heterocycles. The third kappa shape index (κ3) is 1.29. The highest BCUT2D eigenvalue weighted by Crippen LogP contribution is 2.28. The Kier molecular flexibility index (Phi) is 1.74. The highest BCUT2D eigenvalue weighted by Gasteiger charge is 2.25. The maximum atomic E-state index is 11.1. The lowest BCUT2D eigenvalue weighted by atomic mass is 9.99. The molecule has 4 heteroatoms. The highest BCUT2D eigenvalue weighted by atomic mass is 16.1. The van der Waals surface area contributed by atoms with Gasteiger partial charge in [0.15, 0.2) is 0 Å². The number of fused-ring (bicyclic) bond motifs is 1. The predicted octanol–water partition coefficient (Wildman–Crippen LogP) is 1.17. The van der Waals surface area contributed by atoms with Crippen LogP contribution < -0.4 is 5.32 Å².